The maximum Gasteiger partial charge on any atom is 0.224 e. The number of rotatable bonds is 3. The van der Waals surface area contributed by atoms with Crippen LogP contribution in [0.4, 0.5) is 0 Å². The van der Waals surface area contributed by atoms with Crippen molar-refractivity contribution in [1.29, 1.82) is 0 Å². The van der Waals surface area contributed by atoms with Gasteiger partial charge in [0.15, 0.2) is 0 Å². The van der Waals surface area contributed by atoms with Crippen LogP contribution in [0.1, 0.15) is 43.6 Å². The lowest BCUT2D eigenvalue weighted by molar-refractivity contribution is -0.132. The third-order valence-corrected chi connectivity index (χ3v) is 4.59. The minimum absolute atomic E-state index is 0.187. The number of nitrogens with zero attached hydrogens (tertiary/aromatic N) is 2. The second-order valence-electron chi connectivity index (χ2n) is 5.92. The fraction of sp³-hybridized carbons (Fsp3) is 0.588. The Morgan fingerprint density at radius 3 is 2.65 bits per heavy atom. The molecule has 0 N–H and O–H groups in total. The van der Waals surface area contributed by atoms with Crippen LogP contribution in [0.25, 0.3) is 0 Å². The molecular formula is C17H23N2O. The van der Waals surface area contributed by atoms with Gasteiger partial charge in [-0.05, 0) is 31.2 Å². The van der Waals surface area contributed by atoms with Gasteiger partial charge in [0, 0.05) is 38.0 Å². The number of carbonyl (C=O) groups excluding carboxylic acids is 1. The quantitative estimate of drug-likeness (QED) is 0.832. The maximum absolute atomic E-state index is 12.4. The van der Waals surface area contributed by atoms with Crippen LogP contribution in [-0.2, 0) is 4.79 Å². The Balaban J connectivity index is 1.62. The first-order valence-electron chi connectivity index (χ1n) is 7.84. The molecule has 2 aliphatic rings. The van der Waals surface area contributed by atoms with E-state index >= 15 is 0 Å². The highest BCUT2D eigenvalue weighted by Gasteiger charge is 2.32. The maximum atomic E-state index is 12.4. The highest BCUT2D eigenvalue weighted by Crippen LogP contribution is 2.30. The number of amides is 1. The Hall–Kier alpha value is -1.35. The van der Waals surface area contributed by atoms with Crippen LogP contribution >= 0.6 is 0 Å². The molecule has 3 rings (SSSR count). The van der Waals surface area contributed by atoms with Crippen molar-refractivity contribution in [2.24, 2.45) is 0 Å². The summed E-state index contributed by atoms with van der Waals surface area (Å²) in [5, 5.41) is 4.68. The minimum Gasteiger partial charge on any atom is -0.343 e. The van der Waals surface area contributed by atoms with Gasteiger partial charge in [-0.1, -0.05) is 30.3 Å². The van der Waals surface area contributed by atoms with E-state index in [9.17, 15) is 4.79 Å². The van der Waals surface area contributed by atoms with E-state index in [1.54, 1.807) is 0 Å². The van der Waals surface area contributed by atoms with E-state index in [-0.39, 0.29) is 6.04 Å². The summed E-state index contributed by atoms with van der Waals surface area (Å²) in [5.74, 6) is 0.742. The van der Waals surface area contributed by atoms with Gasteiger partial charge in [0.1, 0.15) is 0 Å². The highest BCUT2D eigenvalue weighted by molar-refractivity contribution is 5.77. The Bertz CT molecular complexity index is 440. The molecule has 3 heteroatoms. The van der Waals surface area contributed by atoms with E-state index in [0.29, 0.717) is 18.2 Å². The van der Waals surface area contributed by atoms with E-state index in [2.05, 4.69) is 29.6 Å². The molecule has 20 heavy (non-hydrogen) atoms. The molecule has 2 fully saturated rings. The van der Waals surface area contributed by atoms with E-state index in [1.165, 1.54) is 12.0 Å². The zero-order valence-corrected chi connectivity index (χ0v) is 12.0. The summed E-state index contributed by atoms with van der Waals surface area (Å²) in [6.45, 7) is 2.79. The van der Waals surface area contributed by atoms with Gasteiger partial charge in [-0.2, -0.15) is 0 Å². The smallest absolute Gasteiger partial charge is 0.224 e. The van der Waals surface area contributed by atoms with Crippen molar-refractivity contribution < 1.29 is 4.79 Å². The molecule has 0 saturated carbocycles. The number of hydrogen-bond acceptors (Lipinski definition) is 1. The lowest BCUT2D eigenvalue weighted by Gasteiger charge is -2.28. The predicted octanol–water partition coefficient (Wildman–Crippen LogP) is 2.55. The fourth-order valence-electron chi connectivity index (χ4n) is 3.45. The minimum atomic E-state index is 0.187. The molecule has 2 heterocycles. The Morgan fingerprint density at radius 2 is 1.90 bits per heavy atom. The molecule has 0 spiro atoms. The molecule has 1 aromatic rings. The summed E-state index contributed by atoms with van der Waals surface area (Å²) in [7, 11) is 0. The van der Waals surface area contributed by atoms with Gasteiger partial charge in [-0.3, -0.25) is 4.79 Å². The van der Waals surface area contributed by atoms with Crippen LogP contribution in [0.2, 0.25) is 0 Å². The van der Waals surface area contributed by atoms with Crippen molar-refractivity contribution >= 4 is 5.91 Å². The summed E-state index contributed by atoms with van der Waals surface area (Å²) in [6, 6.07) is 10.7. The van der Waals surface area contributed by atoms with Gasteiger partial charge in [-0.15, -0.1) is 0 Å². The number of benzene rings is 1. The molecule has 0 aliphatic carbocycles. The first-order valence-corrected chi connectivity index (χ1v) is 7.84. The van der Waals surface area contributed by atoms with Gasteiger partial charge < -0.3 is 4.90 Å². The topological polar surface area (TPSA) is 34.4 Å². The monoisotopic (exact) mass is 271 g/mol. The summed E-state index contributed by atoms with van der Waals surface area (Å²) in [6.07, 6.45) is 5.27. The molecule has 2 saturated heterocycles. The SMILES string of the molecule is O=C(C[C@@H]1[N]CC[C@@H]1c1ccccc1)N1CCCCC1. The molecule has 1 radical (unpaired) electrons. The van der Waals surface area contributed by atoms with Gasteiger partial charge in [0.2, 0.25) is 5.91 Å². The third-order valence-electron chi connectivity index (χ3n) is 4.59. The van der Waals surface area contributed by atoms with Crippen molar-refractivity contribution in [2.45, 2.75) is 44.1 Å². The van der Waals surface area contributed by atoms with Gasteiger partial charge in [0.05, 0.1) is 0 Å². The lowest BCUT2D eigenvalue weighted by atomic mass is 9.90. The molecule has 3 nitrogen and oxygen atoms in total. The van der Waals surface area contributed by atoms with Gasteiger partial charge in [0.25, 0.3) is 0 Å². The fourth-order valence-corrected chi connectivity index (χ4v) is 3.45. The predicted molar refractivity (Wildman–Crippen MR) is 79.6 cm³/mol. The van der Waals surface area contributed by atoms with Crippen LogP contribution < -0.4 is 5.32 Å². The van der Waals surface area contributed by atoms with Crippen molar-refractivity contribution in [3.05, 3.63) is 35.9 Å². The van der Waals surface area contributed by atoms with E-state index in [0.717, 1.165) is 38.9 Å². The van der Waals surface area contributed by atoms with Crippen molar-refractivity contribution in [2.75, 3.05) is 19.6 Å². The zero-order valence-electron chi connectivity index (χ0n) is 12.0. The molecule has 1 amide bonds. The second-order valence-corrected chi connectivity index (χ2v) is 5.92. The Morgan fingerprint density at radius 1 is 1.15 bits per heavy atom. The van der Waals surface area contributed by atoms with Crippen LogP contribution in [0.5, 0.6) is 0 Å². The third kappa shape index (κ3) is 3.04. The standard InChI is InChI=1S/C17H23N2O/c20-17(19-11-5-2-6-12-19)13-16-15(9-10-18-16)14-7-3-1-4-8-14/h1,3-4,7-8,15-16H,2,5-6,9-13H2/t15-,16+/m1/s1. The summed E-state index contributed by atoms with van der Waals surface area (Å²) < 4.78 is 0. The van der Waals surface area contributed by atoms with Crippen LogP contribution in [0.15, 0.2) is 30.3 Å². The Kier molecular flexibility index (Phi) is 4.36. The molecule has 107 valence electrons. The summed E-state index contributed by atoms with van der Waals surface area (Å²) in [4.78, 5) is 14.4. The van der Waals surface area contributed by atoms with Crippen molar-refractivity contribution in [3.8, 4) is 0 Å². The average molecular weight is 271 g/mol. The van der Waals surface area contributed by atoms with E-state index in [1.807, 2.05) is 11.0 Å². The van der Waals surface area contributed by atoms with E-state index < -0.39 is 0 Å². The number of piperidine rings is 1. The lowest BCUT2D eigenvalue weighted by Crippen LogP contribution is -2.39. The van der Waals surface area contributed by atoms with Crippen LogP contribution in [0, 0.1) is 0 Å². The number of likely N-dealkylation sites (tertiary alicyclic amines) is 1. The second kappa shape index (κ2) is 6.40. The molecule has 2 aliphatic heterocycles. The molecular weight excluding hydrogens is 248 g/mol. The Labute approximate surface area is 121 Å². The van der Waals surface area contributed by atoms with E-state index in [4.69, 9.17) is 0 Å². The average Bonchev–Trinajstić information content (AvgIpc) is 2.97. The molecule has 2 atom stereocenters. The first kappa shape index (κ1) is 13.6. The summed E-state index contributed by atoms with van der Waals surface area (Å²) >= 11 is 0. The zero-order chi connectivity index (χ0) is 13.8. The molecule has 1 aromatic carbocycles. The van der Waals surface area contributed by atoms with Gasteiger partial charge >= 0.3 is 0 Å². The highest BCUT2D eigenvalue weighted by atomic mass is 16.2. The summed E-state index contributed by atoms with van der Waals surface area (Å²) in [5.41, 5.74) is 1.34. The van der Waals surface area contributed by atoms with Crippen molar-refractivity contribution in [1.82, 2.24) is 10.2 Å². The molecule has 0 unspecified atom stereocenters. The van der Waals surface area contributed by atoms with Crippen molar-refractivity contribution in [3.63, 3.8) is 0 Å². The number of carbonyl (C=O) groups is 1. The largest absolute Gasteiger partial charge is 0.343 e. The van der Waals surface area contributed by atoms with Crippen LogP contribution in [-0.4, -0.2) is 36.5 Å². The molecule has 0 bridgehead atoms. The molecule has 0 aromatic heterocycles. The first-order chi connectivity index (χ1) is 9.84. The normalized spacial score (nSPS) is 26.7. The number of hydrogen-bond donors (Lipinski definition) is 0. The van der Waals surface area contributed by atoms with Crippen LogP contribution in [0.3, 0.4) is 0 Å². The van der Waals surface area contributed by atoms with Gasteiger partial charge in [-0.25, -0.2) is 5.32 Å².